The highest BCUT2D eigenvalue weighted by Crippen LogP contribution is 2.26. The standard InChI is InChI=1S/C10H11NO5/c12-9-5-4-7(2-1-3-10(13)14)6-8(9)11(15)16/h4-6,12H,1-3H2,(H,13,14). The molecule has 0 heterocycles. The average molecular weight is 225 g/mol. The molecule has 0 spiro atoms. The Hall–Kier alpha value is -2.11. The third kappa shape index (κ3) is 3.23. The van der Waals surface area contributed by atoms with Gasteiger partial charge in [0.25, 0.3) is 0 Å². The number of benzene rings is 1. The molecule has 6 heteroatoms. The van der Waals surface area contributed by atoms with Crippen LogP contribution in [0.1, 0.15) is 18.4 Å². The molecule has 0 aliphatic carbocycles. The number of aliphatic carboxylic acids is 1. The minimum absolute atomic E-state index is 0.0225. The van der Waals surface area contributed by atoms with E-state index in [1.807, 2.05) is 0 Å². The molecule has 0 aliphatic rings. The molecule has 86 valence electrons. The third-order valence-corrected chi connectivity index (χ3v) is 2.09. The number of nitro groups is 1. The summed E-state index contributed by atoms with van der Waals surface area (Å²) in [7, 11) is 0. The van der Waals surface area contributed by atoms with Crippen LogP contribution in [0.5, 0.6) is 5.75 Å². The lowest BCUT2D eigenvalue weighted by atomic mass is 10.1. The summed E-state index contributed by atoms with van der Waals surface area (Å²) in [6.07, 6.45) is 0.874. The molecule has 1 rings (SSSR count). The quantitative estimate of drug-likeness (QED) is 0.586. The van der Waals surface area contributed by atoms with Gasteiger partial charge in [0, 0.05) is 12.5 Å². The average Bonchev–Trinajstić information content (AvgIpc) is 2.19. The second kappa shape index (κ2) is 5.11. The maximum absolute atomic E-state index is 10.5. The van der Waals surface area contributed by atoms with Gasteiger partial charge in [0.15, 0.2) is 5.75 Å². The molecule has 0 saturated heterocycles. The van der Waals surface area contributed by atoms with E-state index in [2.05, 4.69) is 0 Å². The lowest BCUT2D eigenvalue weighted by molar-refractivity contribution is -0.385. The van der Waals surface area contributed by atoms with Crippen molar-refractivity contribution < 1.29 is 19.9 Å². The molecule has 0 radical (unpaired) electrons. The summed E-state index contributed by atoms with van der Waals surface area (Å²) in [5.41, 5.74) is 0.290. The first-order valence-electron chi connectivity index (χ1n) is 4.69. The van der Waals surface area contributed by atoms with E-state index < -0.39 is 10.9 Å². The molecule has 0 amide bonds. The van der Waals surface area contributed by atoms with Crippen LogP contribution in [0.25, 0.3) is 0 Å². The smallest absolute Gasteiger partial charge is 0.310 e. The Morgan fingerprint density at radius 2 is 2.12 bits per heavy atom. The number of nitro benzene ring substituents is 1. The number of aromatic hydroxyl groups is 1. The molecule has 0 aromatic heterocycles. The Morgan fingerprint density at radius 1 is 1.44 bits per heavy atom. The SMILES string of the molecule is O=C(O)CCCc1ccc(O)c([N+](=O)[O-])c1. The van der Waals surface area contributed by atoms with Gasteiger partial charge in [-0.15, -0.1) is 0 Å². The van der Waals surface area contributed by atoms with Gasteiger partial charge in [-0.2, -0.15) is 0 Å². The van der Waals surface area contributed by atoms with Gasteiger partial charge in [0.05, 0.1) is 4.92 Å². The molecule has 0 fully saturated rings. The fourth-order valence-electron chi connectivity index (χ4n) is 1.31. The van der Waals surface area contributed by atoms with Crippen LogP contribution in [0.4, 0.5) is 5.69 Å². The fourth-order valence-corrected chi connectivity index (χ4v) is 1.31. The van der Waals surface area contributed by atoms with Crippen LogP contribution in [0.2, 0.25) is 0 Å². The summed E-state index contributed by atoms with van der Waals surface area (Å²) in [5.74, 6) is -1.28. The molecule has 0 bridgehead atoms. The number of carboxylic acids is 1. The Morgan fingerprint density at radius 3 is 2.69 bits per heavy atom. The molecular weight excluding hydrogens is 214 g/mol. The van der Waals surface area contributed by atoms with E-state index in [1.54, 1.807) is 6.07 Å². The molecule has 2 N–H and O–H groups in total. The minimum Gasteiger partial charge on any atom is -0.502 e. The number of nitrogens with zero attached hydrogens (tertiary/aromatic N) is 1. The number of carboxylic acid groups (broad SMARTS) is 1. The Kier molecular flexibility index (Phi) is 3.82. The van der Waals surface area contributed by atoms with E-state index in [-0.39, 0.29) is 17.9 Å². The summed E-state index contributed by atoms with van der Waals surface area (Å²) < 4.78 is 0. The van der Waals surface area contributed by atoms with E-state index in [1.165, 1.54) is 12.1 Å². The summed E-state index contributed by atoms with van der Waals surface area (Å²) >= 11 is 0. The zero-order valence-corrected chi connectivity index (χ0v) is 8.42. The van der Waals surface area contributed by atoms with Crippen LogP contribution in [-0.2, 0) is 11.2 Å². The van der Waals surface area contributed by atoms with Crippen LogP contribution in [0.15, 0.2) is 18.2 Å². The number of hydrogen-bond acceptors (Lipinski definition) is 4. The Bertz CT molecular complexity index is 416. The summed E-state index contributed by atoms with van der Waals surface area (Å²) in [6.45, 7) is 0. The Balaban J connectivity index is 2.71. The number of hydrogen-bond donors (Lipinski definition) is 2. The number of rotatable bonds is 5. The fraction of sp³-hybridized carbons (Fsp3) is 0.300. The highest BCUT2D eigenvalue weighted by Gasteiger charge is 2.13. The molecule has 0 unspecified atom stereocenters. The molecule has 0 saturated carbocycles. The van der Waals surface area contributed by atoms with Crippen molar-refractivity contribution in [3.63, 3.8) is 0 Å². The molecule has 16 heavy (non-hydrogen) atoms. The second-order valence-corrected chi connectivity index (χ2v) is 3.33. The summed E-state index contributed by atoms with van der Waals surface area (Å²) in [5, 5.41) is 28.1. The number of carbonyl (C=O) groups is 1. The first-order chi connectivity index (χ1) is 7.50. The van der Waals surface area contributed by atoms with Crippen molar-refractivity contribution >= 4 is 11.7 Å². The van der Waals surface area contributed by atoms with Gasteiger partial charge in [-0.25, -0.2) is 0 Å². The first-order valence-corrected chi connectivity index (χ1v) is 4.69. The van der Waals surface area contributed by atoms with Gasteiger partial charge >= 0.3 is 11.7 Å². The van der Waals surface area contributed by atoms with Crippen molar-refractivity contribution in [2.75, 3.05) is 0 Å². The number of phenols is 1. The maximum Gasteiger partial charge on any atom is 0.310 e. The predicted octanol–water partition coefficient (Wildman–Crippen LogP) is 1.71. The lowest BCUT2D eigenvalue weighted by Gasteiger charge is -2.01. The normalized spacial score (nSPS) is 10.0. The van der Waals surface area contributed by atoms with E-state index in [9.17, 15) is 20.0 Å². The van der Waals surface area contributed by atoms with Crippen molar-refractivity contribution in [1.82, 2.24) is 0 Å². The van der Waals surface area contributed by atoms with E-state index in [4.69, 9.17) is 5.11 Å². The highest BCUT2D eigenvalue weighted by molar-refractivity contribution is 5.66. The van der Waals surface area contributed by atoms with Crippen molar-refractivity contribution in [3.05, 3.63) is 33.9 Å². The molecule has 1 aromatic rings. The van der Waals surface area contributed by atoms with Crippen LogP contribution >= 0.6 is 0 Å². The van der Waals surface area contributed by atoms with Gasteiger partial charge in [0.1, 0.15) is 0 Å². The zero-order valence-electron chi connectivity index (χ0n) is 8.42. The predicted molar refractivity (Wildman–Crippen MR) is 55.3 cm³/mol. The van der Waals surface area contributed by atoms with Crippen LogP contribution in [-0.4, -0.2) is 21.1 Å². The number of phenolic OH excluding ortho intramolecular Hbond substituents is 1. The van der Waals surface area contributed by atoms with Crippen molar-refractivity contribution in [2.24, 2.45) is 0 Å². The largest absolute Gasteiger partial charge is 0.502 e. The van der Waals surface area contributed by atoms with Gasteiger partial charge in [-0.05, 0) is 24.5 Å². The summed E-state index contributed by atoms with van der Waals surface area (Å²) in [4.78, 5) is 20.1. The third-order valence-electron chi connectivity index (χ3n) is 2.09. The van der Waals surface area contributed by atoms with E-state index >= 15 is 0 Å². The van der Waals surface area contributed by atoms with Gasteiger partial charge in [-0.3, -0.25) is 14.9 Å². The highest BCUT2D eigenvalue weighted by atomic mass is 16.6. The van der Waals surface area contributed by atoms with Crippen LogP contribution in [0.3, 0.4) is 0 Å². The topological polar surface area (TPSA) is 101 Å². The van der Waals surface area contributed by atoms with Crippen molar-refractivity contribution in [3.8, 4) is 5.75 Å². The van der Waals surface area contributed by atoms with Crippen molar-refractivity contribution in [2.45, 2.75) is 19.3 Å². The first kappa shape index (κ1) is 12.0. The molecule has 0 aliphatic heterocycles. The molecule has 0 atom stereocenters. The van der Waals surface area contributed by atoms with E-state index in [0.717, 1.165) is 0 Å². The van der Waals surface area contributed by atoms with Crippen LogP contribution < -0.4 is 0 Å². The maximum atomic E-state index is 10.5. The van der Waals surface area contributed by atoms with Gasteiger partial charge in [0.2, 0.25) is 0 Å². The molecule has 1 aromatic carbocycles. The van der Waals surface area contributed by atoms with Gasteiger partial charge in [-0.1, -0.05) is 6.07 Å². The minimum atomic E-state index is -0.895. The van der Waals surface area contributed by atoms with Crippen LogP contribution in [0, 0.1) is 10.1 Å². The zero-order chi connectivity index (χ0) is 12.1. The van der Waals surface area contributed by atoms with Gasteiger partial charge < -0.3 is 10.2 Å². The van der Waals surface area contributed by atoms with Crippen molar-refractivity contribution in [1.29, 1.82) is 0 Å². The van der Waals surface area contributed by atoms with E-state index in [0.29, 0.717) is 18.4 Å². The monoisotopic (exact) mass is 225 g/mol. The number of aryl methyl sites for hydroxylation is 1. The Labute approximate surface area is 91.3 Å². The lowest BCUT2D eigenvalue weighted by Crippen LogP contribution is -1.96. The second-order valence-electron chi connectivity index (χ2n) is 3.33. The summed E-state index contributed by atoms with van der Waals surface area (Å²) in [6, 6.07) is 4.05. The molecule has 6 nitrogen and oxygen atoms in total. The molecular formula is C10H11NO5.